The molecule has 1 aromatic rings. The van der Waals surface area contributed by atoms with Gasteiger partial charge < -0.3 is 19.9 Å². The fraction of sp³-hybridized carbons (Fsp3) is 0.632. The van der Waals surface area contributed by atoms with Crippen molar-refractivity contribution in [1.29, 1.82) is 0 Å². The summed E-state index contributed by atoms with van der Waals surface area (Å²) in [6.45, 7) is 6.23. The summed E-state index contributed by atoms with van der Waals surface area (Å²) in [7, 11) is 1.63. The molecular formula is C19H28N2O4. The first-order valence-electron chi connectivity index (χ1n) is 8.93. The molecule has 2 heterocycles. The van der Waals surface area contributed by atoms with Gasteiger partial charge in [0.1, 0.15) is 18.2 Å². The molecule has 0 saturated carbocycles. The van der Waals surface area contributed by atoms with Crippen LogP contribution < -0.4 is 5.32 Å². The molecular weight excluding hydrogens is 320 g/mol. The first-order valence-corrected chi connectivity index (χ1v) is 8.93. The molecule has 1 aromatic carbocycles. The lowest BCUT2D eigenvalue weighted by Crippen LogP contribution is -2.68. The molecule has 0 unspecified atom stereocenters. The molecule has 0 bridgehead atoms. The van der Waals surface area contributed by atoms with Crippen molar-refractivity contribution in [3.05, 3.63) is 35.9 Å². The Morgan fingerprint density at radius 3 is 2.48 bits per heavy atom. The molecule has 0 aromatic heterocycles. The Balaban J connectivity index is 1.98. The van der Waals surface area contributed by atoms with Crippen molar-refractivity contribution in [3.63, 3.8) is 0 Å². The molecule has 2 aliphatic heterocycles. The number of piperidine rings is 1. The Bertz CT molecular complexity index is 607. The van der Waals surface area contributed by atoms with Crippen LogP contribution in [-0.4, -0.2) is 59.1 Å². The monoisotopic (exact) mass is 348 g/mol. The van der Waals surface area contributed by atoms with Crippen LogP contribution in [0.3, 0.4) is 0 Å². The summed E-state index contributed by atoms with van der Waals surface area (Å²) in [5, 5.41) is 13.7. The maximum Gasteiger partial charge on any atom is 0.239 e. The number of rotatable bonds is 4. The Morgan fingerprint density at radius 1 is 1.24 bits per heavy atom. The molecule has 2 aliphatic rings. The molecule has 6 heteroatoms. The number of nitrogens with zero attached hydrogens (tertiary/aromatic N) is 1. The number of hydrogen-bond acceptors (Lipinski definition) is 5. The highest BCUT2D eigenvalue weighted by molar-refractivity contribution is 5.82. The van der Waals surface area contributed by atoms with Gasteiger partial charge >= 0.3 is 0 Å². The summed E-state index contributed by atoms with van der Waals surface area (Å²) < 4.78 is 12.0. The average Bonchev–Trinajstić information content (AvgIpc) is 2.91. The van der Waals surface area contributed by atoms with E-state index in [0.717, 1.165) is 5.56 Å². The van der Waals surface area contributed by atoms with Gasteiger partial charge in [0.15, 0.2) is 5.79 Å². The van der Waals surface area contributed by atoms with Gasteiger partial charge in [0.05, 0.1) is 6.10 Å². The summed E-state index contributed by atoms with van der Waals surface area (Å²) in [5.41, 5.74) is 1.10. The van der Waals surface area contributed by atoms with Gasteiger partial charge in [-0.15, -0.1) is 0 Å². The van der Waals surface area contributed by atoms with Crippen LogP contribution in [0.25, 0.3) is 0 Å². The zero-order valence-electron chi connectivity index (χ0n) is 15.3. The minimum absolute atomic E-state index is 0.113. The van der Waals surface area contributed by atoms with Gasteiger partial charge in [0, 0.05) is 19.6 Å². The van der Waals surface area contributed by atoms with Crippen molar-refractivity contribution >= 4 is 5.91 Å². The molecule has 25 heavy (non-hydrogen) atoms. The number of carbonyl (C=O) groups is 1. The van der Waals surface area contributed by atoms with E-state index in [4.69, 9.17) is 9.47 Å². The number of likely N-dealkylation sites (tertiary alicyclic amines) is 1. The van der Waals surface area contributed by atoms with Crippen molar-refractivity contribution in [1.82, 2.24) is 10.2 Å². The zero-order valence-corrected chi connectivity index (χ0v) is 15.3. The molecule has 3 rings (SSSR count). The number of hydrogen-bond donors (Lipinski definition) is 2. The van der Waals surface area contributed by atoms with Crippen LogP contribution in [-0.2, 0) is 20.8 Å². The summed E-state index contributed by atoms with van der Waals surface area (Å²) in [6.07, 6.45) is -0.999. The fourth-order valence-corrected chi connectivity index (χ4v) is 4.07. The number of aliphatic hydroxyl groups is 1. The topological polar surface area (TPSA) is 71.0 Å². The number of carbonyl (C=O) groups excluding carboxylic acids is 1. The van der Waals surface area contributed by atoms with E-state index < -0.39 is 30.1 Å². The highest BCUT2D eigenvalue weighted by atomic mass is 16.8. The lowest BCUT2D eigenvalue weighted by Gasteiger charge is -2.47. The highest BCUT2D eigenvalue weighted by Crippen LogP contribution is 2.40. The van der Waals surface area contributed by atoms with Crippen LogP contribution in [0.1, 0.15) is 32.8 Å². The van der Waals surface area contributed by atoms with Gasteiger partial charge in [-0.2, -0.15) is 0 Å². The second-order valence-corrected chi connectivity index (χ2v) is 7.25. The minimum Gasteiger partial charge on any atom is -0.389 e. The molecule has 138 valence electrons. The van der Waals surface area contributed by atoms with Gasteiger partial charge in [0.25, 0.3) is 0 Å². The van der Waals surface area contributed by atoms with E-state index in [-0.39, 0.29) is 11.9 Å². The number of likely N-dealkylation sites (N-methyl/N-ethyl adjacent to an activating group) is 1. The third kappa shape index (κ3) is 3.44. The molecule has 6 nitrogen and oxygen atoms in total. The smallest absolute Gasteiger partial charge is 0.239 e. The Labute approximate surface area is 149 Å². The fourth-order valence-electron chi connectivity index (χ4n) is 4.07. The number of aliphatic hydroxyl groups excluding tert-OH is 1. The maximum atomic E-state index is 12.7. The van der Waals surface area contributed by atoms with E-state index in [0.29, 0.717) is 13.0 Å². The van der Waals surface area contributed by atoms with Gasteiger partial charge in [-0.3, -0.25) is 9.69 Å². The van der Waals surface area contributed by atoms with Crippen LogP contribution >= 0.6 is 0 Å². The van der Waals surface area contributed by atoms with E-state index in [1.807, 2.05) is 51.1 Å². The number of amides is 1. The summed E-state index contributed by atoms with van der Waals surface area (Å²) in [4.78, 5) is 14.8. The van der Waals surface area contributed by atoms with Gasteiger partial charge in [-0.1, -0.05) is 37.3 Å². The van der Waals surface area contributed by atoms with Crippen LogP contribution in [0.15, 0.2) is 30.3 Å². The molecule has 0 radical (unpaired) electrons. The third-order valence-corrected chi connectivity index (χ3v) is 5.13. The predicted molar refractivity (Wildman–Crippen MR) is 93.8 cm³/mol. The Morgan fingerprint density at radius 2 is 1.88 bits per heavy atom. The minimum atomic E-state index is -0.816. The van der Waals surface area contributed by atoms with Crippen molar-refractivity contribution in [2.45, 2.75) is 69.9 Å². The molecule has 5 atom stereocenters. The molecule has 2 N–H and O–H groups in total. The van der Waals surface area contributed by atoms with E-state index in [1.165, 1.54) is 0 Å². The standard InChI is InChI=1S/C19H28N2O4/c1-5-13-15(22)17-16(24-19(2,3)25-17)14(18(23)20-4)21(13)11-12-9-7-6-8-10-12/h6-10,13-17,22H,5,11H2,1-4H3,(H,20,23)/t13-,14+,15-,16-,17+/m1/s1. The Hall–Kier alpha value is -1.47. The van der Waals surface area contributed by atoms with Crippen LogP contribution in [0, 0.1) is 0 Å². The van der Waals surface area contributed by atoms with Crippen molar-refractivity contribution in [3.8, 4) is 0 Å². The average molecular weight is 348 g/mol. The number of benzene rings is 1. The second kappa shape index (κ2) is 7.03. The molecule has 1 amide bonds. The first kappa shape index (κ1) is 18.3. The molecule has 0 aliphatic carbocycles. The van der Waals surface area contributed by atoms with E-state index in [9.17, 15) is 9.90 Å². The number of nitrogens with one attached hydrogen (secondary N) is 1. The Kier molecular flexibility index (Phi) is 5.16. The predicted octanol–water partition coefficient (Wildman–Crippen LogP) is 1.28. The largest absolute Gasteiger partial charge is 0.389 e. The van der Waals surface area contributed by atoms with Gasteiger partial charge in [0.2, 0.25) is 5.91 Å². The van der Waals surface area contributed by atoms with E-state index in [1.54, 1.807) is 7.05 Å². The SMILES string of the molecule is CC[C@@H]1[C@@H](O)[C@@H]2OC(C)(C)O[C@@H]2[C@@H](C(=O)NC)N1Cc1ccccc1. The van der Waals surface area contributed by atoms with Crippen LogP contribution in [0.4, 0.5) is 0 Å². The quantitative estimate of drug-likeness (QED) is 0.858. The maximum absolute atomic E-state index is 12.7. The van der Waals surface area contributed by atoms with Gasteiger partial charge in [-0.05, 0) is 25.8 Å². The first-order chi connectivity index (χ1) is 11.9. The van der Waals surface area contributed by atoms with Crippen LogP contribution in [0.5, 0.6) is 0 Å². The number of ether oxygens (including phenoxy) is 2. The number of fused-ring (bicyclic) bond motifs is 1. The lowest BCUT2D eigenvalue weighted by atomic mass is 9.85. The van der Waals surface area contributed by atoms with Gasteiger partial charge in [-0.25, -0.2) is 0 Å². The molecule has 0 spiro atoms. The van der Waals surface area contributed by atoms with Crippen molar-refractivity contribution in [2.24, 2.45) is 0 Å². The third-order valence-electron chi connectivity index (χ3n) is 5.13. The summed E-state index contributed by atoms with van der Waals surface area (Å²) in [5.74, 6) is -0.929. The normalized spacial score (nSPS) is 34.5. The second-order valence-electron chi connectivity index (χ2n) is 7.25. The van der Waals surface area contributed by atoms with E-state index >= 15 is 0 Å². The lowest BCUT2D eigenvalue weighted by molar-refractivity contribution is -0.154. The zero-order chi connectivity index (χ0) is 18.2. The molecule has 2 fully saturated rings. The van der Waals surface area contributed by atoms with E-state index in [2.05, 4.69) is 10.2 Å². The van der Waals surface area contributed by atoms with Crippen molar-refractivity contribution < 1.29 is 19.4 Å². The summed E-state index contributed by atoms with van der Waals surface area (Å²) in [6, 6.07) is 9.30. The highest BCUT2D eigenvalue weighted by Gasteiger charge is 2.58. The van der Waals surface area contributed by atoms with Crippen LogP contribution in [0.2, 0.25) is 0 Å². The summed E-state index contributed by atoms with van der Waals surface area (Å²) >= 11 is 0. The molecule has 2 saturated heterocycles. The van der Waals surface area contributed by atoms with Crippen molar-refractivity contribution in [2.75, 3.05) is 7.05 Å².